The number of aromatic nitrogens is 2. The lowest BCUT2D eigenvalue weighted by Crippen LogP contribution is -2.40. The Bertz CT molecular complexity index is 588. The van der Waals surface area contributed by atoms with Crippen molar-refractivity contribution in [3.05, 3.63) is 12.3 Å². The van der Waals surface area contributed by atoms with E-state index in [1.807, 2.05) is 6.20 Å². The fraction of sp³-hybridized carbons (Fsp3) is 0.818. The summed E-state index contributed by atoms with van der Waals surface area (Å²) in [5.41, 5.74) is 0. The summed E-state index contributed by atoms with van der Waals surface area (Å²) in [6, 6.07) is 3.33. The van der Waals surface area contributed by atoms with Crippen LogP contribution in [0.3, 0.4) is 0 Å². The summed E-state index contributed by atoms with van der Waals surface area (Å²) >= 11 is 0. The van der Waals surface area contributed by atoms with E-state index in [1.165, 1.54) is 57.9 Å². The molecule has 27 heavy (non-hydrogen) atoms. The van der Waals surface area contributed by atoms with E-state index in [0.717, 1.165) is 49.3 Å². The minimum Gasteiger partial charge on any atom is -0.356 e. The molecule has 0 aromatic carbocycles. The highest BCUT2D eigenvalue weighted by atomic mass is 15.3. The molecule has 1 aliphatic carbocycles. The van der Waals surface area contributed by atoms with Crippen LogP contribution in [0.15, 0.2) is 12.3 Å². The van der Waals surface area contributed by atoms with Crippen LogP contribution in [0.5, 0.6) is 0 Å². The van der Waals surface area contributed by atoms with Gasteiger partial charge in [0.2, 0.25) is 5.95 Å². The second kappa shape index (κ2) is 8.76. The number of hydrogen-bond acceptors (Lipinski definition) is 5. The van der Waals surface area contributed by atoms with Crippen molar-refractivity contribution in [2.45, 2.75) is 77.3 Å². The lowest BCUT2D eigenvalue weighted by atomic mass is 9.80. The van der Waals surface area contributed by atoms with E-state index in [1.54, 1.807) is 0 Å². The van der Waals surface area contributed by atoms with Gasteiger partial charge in [-0.2, -0.15) is 4.98 Å². The average molecular weight is 372 g/mol. The number of rotatable bonds is 4. The molecule has 1 aromatic heterocycles. The second-order valence-electron chi connectivity index (χ2n) is 9.34. The molecule has 4 rings (SSSR count). The minimum absolute atomic E-state index is 0.483. The fourth-order valence-corrected chi connectivity index (χ4v) is 5.52. The molecular formula is C22H37N5. The van der Waals surface area contributed by atoms with Gasteiger partial charge in [0.1, 0.15) is 5.82 Å². The summed E-state index contributed by atoms with van der Waals surface area (Å²) in [6.45, 7) is 9.47. The van der Waals surface area contributed by atoms with Crippen LogP contribution in [0.2, 0.25) is 0 Å². The van der Waals surface area contributed by atoms with Gasteiger partial charge in [-0.1, -0.05) is 26.7 Å². The summed E-state index contributed by atoms with van der Waals surface area (Å²) in [5, 5.41) is 3.64. The van der Waals surface area contributed by atoms with Gasteiger partial charge in [0, 0.05) is 44.5 Å². The molecule has 2 unspecified atom stereocenters. The first kappa shape index (κ1) is 19.0. The molecule has 5 heteroatoms. The molecule has 3 aliphatic rings. The molecule has 3 heterocycles. The smallest absolute Gasteiger partial charge is 0.224 e. The van der Waals surface area contributed by atoms with Crippen LogP contribution < -0.4 is 10.2 Å². The van der Waals surface area contributed by atoms with Crippen molar-refractivity contribution >= 4 is 11.8 Å². The predicted octanol–water partition coefficient (Wildman–Crippen LogP) is 4.17. The monoisotopic (exact) mass is 371 g/mol. The van der Waals surface area contributed by atoms with E-state index in [-0.39, 0.29) is 0 Å². The third-order valence-electron chi connectivity index (χ3n) is 6.79. The molecule has 1 aromatic rings. The van der Waals surface area contributed by atoms with E-state index in [4.69, 9.17) is 4.98 Å². The van der Waals surface area contributed by atoms with Gasteiger partial charge in [-0.15, -0.1) is 0 Å². The van der Waals surface area contributed by atoms with Crippen molar-refractivity contribution in [1.82, 2.24) is 14.9 Å². The van der Waals surface area contributed by atoms with Crippen molar-refractivity contribution in [3.8, 4) is 0 Å². The van der Waals surface area contributed by atoms with Crippen molar-refractivity contribution in [1.29, 1.82) is 0 Å². The topological polar surface area (TPSA) is 44.3 Å². The second-order valence-corrected chi connectivity index (χ2v) is 9.34. The Balaban J connectivity index is 1.34. The zero-order valence-electron chi connectivity index (χ0n) is 17.2. The largest absolute Gasteiger partial charge is 0.356 e. The molecule has 150 valence electrons. The summed E-state index contributed by atoms with van der Waals surface area (Å²) in [6.07, 6.45) is 12.5. The van der Waals surface area contributed by atoms with Crippen LogP contribution in [0.25, 0.3) is 0 Å². The van der Waals surface area contributed by atoms with Gasteiger partial charge in [-0.3, -0.25) is 4.90 Å². The van der Waals surface area contributed by atoms with Crippen molar-refractivity contribution < 1.29 is 0 Å². The van der Waals surface area contributed by atoms with E-state index < -0.39 is 0 Å². The molecule has 0 spiro atoms. The Labute approximate surface area is 164 Å². The first-order valence-corrected chi connectivity index (χ1v) is 11.3. The normalized spacial score (nSPS) is 33.0. The molecule has 0 amide bonds. The van der Waals surface area contributed by atoms with E-state index in [0.29, 0.717) is 6.04 Å². The van der Waals surface area contributed by atoms with Crippen LogP contribution in [0.1, 0.15) is 65.2 Å². The molecule has 5 nitrogen and oxygen atoms in total. The maximum atomic E-state index is 4.85. The van der Waals surface area contributed by atoms with Crippen molar-refractivity contribution in [2.24, 2.45) is 11.8 Å². The standard InChI is InChI=1S/C22H37N5/c1-17-13-18(2)15-20(14-17)27-12-8-19(16-27)24-22-23-9-7-21(25-22)26-10-5-3-4-6-11-26/h7,9,17-20H,3-6,8,10-16H2,1-2H3,(H,23,24,25)/t17?,18?,19-,20?/m0/s1. The van der Waals surface area contributed by atoms with Crippen molar-refractivity contribution in [2.75, 3.05) is 36.4 Å². The lowest BCUT2D eigenvalue weighted by Gasteiger charge is -2.37. The summed E-state index contributed by atoms with van der Waals surface area (Å²) < 4.78 is 0. The third-order valence-corrected chi connectivity index (χ3v) is 6.79. The average Bonchev–Trinajstić information content (AvgIpc) is 2.94. The first-order chi connectivity index (χ1) is 13.2. The number of likely N-dealkylation sites (tertiary alicyclic amines) is 1. The van der Waals surface area contributed by atoms with Crippen LogP contribution in [0.4, 0.5) is 11.8 Å². The number of nitrogens with zero attached hydrogens (tertiary/aromatic N) is 4. The molecule has 1 saturated carbocycles. The van der Waals surface area contributed by atoms with E-state index in [9.17, 15) is 0 Å². The zero-order chi connectivity index (χ0) is 18.6. The van der Waals surface area contributed by atoms with Crippen molar-refractivity contribution in [3.63, 3.8) is 0 Å². The predicted molar refractivity (Wildman–Crippen MR) is 112 cm³/mol. The van der Waals surface area contributed by atoms with Gasteiger partial charge in [-0.05, 0) is 56.4 Å². The van der Waals surface area contributed by atoms with Crippen LogP contribution >= 0.6 is 0 Å². The Kier molecular flexibility index (Phi) is 6.16. The fourth-order valence-electron chi connectivity index (χ4n) is 5.52. The van der Waals surface area contributed by atoms with Gasteiger partial charge in [0.15, 0.2) is 0 Å². The minimum atomic E-state index is 0.483. The molecule has 0 radical (unpaired) electrons. The summed E-state index contributed by atoms with van der Waals surface area (Å²) in [5.74, 6) is 3.66. The zero-order valence-corrected chi connectivity index (χ0v) is 17.2. The highest BCUT2D eigenvalue weighted by molar-refractivity contribution is 5.43. The van der Waals surface area contributed by atoms with E-state index >= 15 is 0 Å². The molecule has 2 saturated heterocycles. The Morgan fingerprint density at radius 1 is 0.963 bits per heavy atom. The van der Waals surface area contributed by atoms with Gasteiger partial charge in [0.25, 0.3) is 0 Å². The molecule has 1 N–H and O–H groups in total. The van der Waals surface area contributed by atoms with Gasteiger partial charge >= 0.3 is 0 Å². The molecular weight excluding hydrogens is 334 g/mol. The lowest BCUT2D eigenvalue weighted by molar-refractivity contribution is 0.132. The Morgan fingerprint density at radius 3 is 2.44 bits per heavy atom. The van der Waals surface area contributed by atoms with E-state index in [2.05, 4.69) is 40.0 Å². The quantitative estimate of drug-likeness (QED) is 0.861. The summed E-state index contributed by atoms with van der Waals surface area (Å²) in [7, 11) is 0. The molecule has 2 aliphatic heterocycles. The van der Waals surface area contributed by atoms with Crippen LogP contribution in [-0.2, 0) is 0 Å². The number of nitrogens with one attached hydrogen (secondary N) is 1. The first-order valence-electron chi connectivity index (χ1n) is 11.3. The van der Waals surface area contributed by atoms with Gasteiger partial charge < -0.3 is 10.2 Å². The third kappa shape index (κ3) is 4.92. The highest BCUT2D eigenvalue weighted by Gasteiger charge is 2.33. The molecule has 0 bridgehead atoms. The van der Waals surface area contributed by atoms with Crippen LogP contribution in [0, 0.1) is 11.8 Å². The van der Waals surface area contributed by atoms with Gasteiger partial charge in [0.05, 0.1) is 0 Å². The highest BCUT2D eigenvalue weighted by Crippen LogP contribution is 2.33. The Hall–Kier alpha value is -1.36. The molecule has 3 fully saturated rings. The SMILES string of the molecule is CC1CC(C)CC(N2CC[C@H](Nc3nccc(N4CCCCCC4)n3)C2)C1. The Morgan fingerprint density at radius 2 is 1.70 bits per heavy atom. The van der Waals surface area contributed by atoms with Crippen LogP contribution in [-0.4, -0.2) is 53.1 Å². The maximum Gasteiger partial charge on any atom is 0.224 e. The molecule has 3 atom stereocenters. The van der Waals surface area contributed by atoms with Gasteiger partial charge in [-0.25, -0.2) is 4.98 Å². The number of anilines is 2. The summed E-state index contributed by atoms with van der Waals surface area (Å²) in [4.78, 5) is 14.5. The number of hydrogen-bond donors (Lipinski definition) is 1. The maximum absolute atomic E-state index is 4.85.